The van der Waals surface area contributed by atoms with Crippen LogP contribution in [0.4, 0.5) is 4.79 Å². The molecule has 17 heteroatoms. The number of phenolic OH excluding ortho intramolecular Hbond substituents is 1. The van der Waals surface area contributed by atoms with Gasteiger partial charge in [0.15, 0.2) is 40.0 Å². The lowest BCUT2D eigenvalue weighted by Crippen LogP contribution is -2.70. The van der Waals surface area contributed by atoms with E-state index in [1.54, 1.807) is 45.1 Å². The number of hydrogen-bond acceptors (Lipinski definition) is 17. The van der Waals surface area contributed by atoms with Gasteiger partial charge in [-0.05, 0) is 93.5 Å². The smallest absolute Gasteiger partial charge is 0.504 e. The molecule has 0 aromatic heterocycles. The van der Waals surface area contributed by atoms with Gasteiger partial charge >= 0.3 is 18.1 Å². The zero-order chi connectivity index (χ0) is 50.1. The number of ether oxygens (including phenoxy) is 8. The highest BCUT2D eigenvalue weighted by atomic mass is 32.2. The fourth-order valence-electron chi connectivity index (χ4n) is 11.6. The summed E-state index contributed by atoms with van der Waals surface area (Å²) in [7, 11) is 2.98. The Morgan fingerprint density at radius 3 is 2.49 bits per heavy atom. The van der Waals surface area contributed by atoms with Crippen LogP contribution in [0.2, 0.25) is 0 Å². The van der Waals surface area contributed by atoms with Crippen molar-refractivity contribution in [1.82, 2.24) is 15.1 Å². The summed E-state index contributed by atoms with van der Waals surface area (Å²) in [6.07, 6.45) is 4.85. The summed E-state index contributed by atoms with van der Waals surface area (Å²) in [4.78, 5) is 46.9. The Hall–Kier alpha value is -6.71. The molecule has 2 unspecified atom stereocenters. The summed E-state index contributed by atoms with van der Waals surface area (Å²) in [6, 6.07) is 14.2. The minimum atomic E-state index is -1.50. The fourth-order valence-corrected chi connectivity index (χ4v) is 13.3. The van der Waals surface area contributed by atoms with Gasteiger partial charge in [0.2, 0.25) is 6.79 Å². The third-order valence-electron chi connectivity index (χ3n) is 14.3. The lowest BCUT2D eigenvalue weighted by Gasteiger charge is -2.62. The number of carbonyl (C=O) groups excluding carboxylic acids is 3. The van der Waals surface area contributed by atoms with Crippen LogP contribution in [0.1, 0.15) is 88.2 Å². The van der Waals surface area contributed by atoms with Gasteiger partial charge in [-0.1, -0.05) is 42.5 Å². The number of aryl methyl sites for hydroxylation is 1. The molecular formula is C54H56N4O12S. The van der Waals surface area contributed by atoms with E-state index in [9.17, 15) is 20.0 Å². The number of nitriles is 1. The van der Waals surface area contributed by atoms with Gasteiger partial charge in [0, 0.05) is 59.3 Å². The maximum atomic E-state index is 15.3. The number of aromatic hydroxyl groups is 1. The molecule has 7 aliphatic heterocycles. The molecule has 4 bridgehead atoms. The number of benzene rings is 4. The largest absolute Gasteiger partial charge is 0.514 e. The Morgan fingerprint density at radius 2 is 1.77 bits per heavy atom. The Bertz CT molecular complexity index is 2930. The second-order valence-electron chi connectivity index (χ2n) is 19.5. The first kappa shape index (κ1) is 47.9. The van der Waals surface area contributed by atoms with Gasteiger partial charge in [-0.25, -0.2) is 14.4 Å². The van der Waals surface area contributed by atoms with Gasteiger partial charge in [0.25, 0.3) is 0 Å². The van der Waals surface area contributed by atoms with Crippen molar-refractivity contribution in [2.75, 3.05) is 46.5 Å². The summed E-state index contributed by atoms with van der Waals surface area (Å²) in [5, 5.41) is 26.8. The van der Waals surface area contributed by atoms with E-state index in [0.29, 0.717) is 71.0 Å². The molecule has 71 heavy (non-hydrogen) atoms. The topological polar surface area (TPSA) is 188 Å². The van der Waals surface area contributed by atoms with Crippen LogP contribution in [0.15, 0.2) is 67.3 Å². The second-order valence-corrected chi connectivity index (χ2v) is 20.7. The lowest BCUT2D eigenvalue weighted by molar-refractivity contribution is -0.157. The van der Waals surface area contributed by atoms with E-state index in [1.165, 1.54) is 32.1 Å². The minimum Gasteiger partial charge on any atom is -0.504 e. The fraction of sp³-hybridized carbons (Fsp3) is 0.407. The first-order valence-corrected chi connectivity index (χ1v) is 24.7. The molecule has 0 aliphatic carbocycles. The summed E-state index contributed by atoms with van der Waals surface area (Å²) in [6.45, 7) is 13.4. The van der Waals surface area contributed by atoms with Gasteiger partial charge in [0.1, 0.15) is 24.0 Å². The molecule has 0 saturated carbocycles. The monoisotopic (exact) mass is 984 g/mol. The maximum absolute atomic E-state index is 15.3. The zero-order valence-electron chi connectivity index (χ0n) is 40.7. The Balaban J connectivity index is 1.20. The van der Waals surface area contributed by atoms with Crippen molar-refractivity contribution in [3.05, 3.63) is 117 Å². The molecule has 0 radical (unpaired) electrons. The Labute approximate surface area is 416 Å². The molecule has 0 amide bonds. The van der Waals surface area contributed by atoms with Gasteiger partial charge < -0.3 is 43.0 Å². The molecule has 370 valence electrons. The summed E-state index contributed by atoms with van der Waals surface area (Å²) >= 11 is 1.44. The molecule has 4 aromatic carbocycles. The highest BCUT2D eigenvalue weighted by Gasteiger charge is 2.62. The molecule has 11 rings (SSSR count). The van der Waals surface area contributed by atoms with E-state index < -0.39 is 64.7 Å². The quantitative estimate of drug-likeness (QED) is 0.0571. The average molecular weight is 985 g/mol. The number of rotatable bonds is 8. The molecule has 2 N–H and O–H groups in total. The SMILES string of the molecule is C=CCN1C2c3c(cc(C)c(OC)c3O)C[C@@H]1[C@H](C#N)N1C2[C@@H]2SC[C@]3(NCCc4cc(OC(=O)OC(C)(C)C)c(OC)cc43)C(=O)OC[C@H]1c1c3c(c(C)c(OC(=O)C=Cc4ccccc4)c12)OCO3. The molecular weight excluding hydrogens is 929 g/mol. The van der Waals surface area contributed by atoms with Crippen molar-refractivity contribution in [3.63, 3.8) is 0 Å². The first-order valence-electron chi connectivity index (χ1n) is 23.6. The van der Waals surface area contributed by atoms with Crippen LogP contribution in [0, 0.1) is 25.2 Å². The van der Waals surface area contributed by atoms with Gasteiger partial charge in [-0.3, -0.25) is 15.1 Å². The average Bonchev–Trinajstić information content (AvgIpc) is 3.83. The van der Waals surface area contributed by atoms with Crippen molar-refractivity contribution in [2.45, 2.75) is 94.1 Å². The second kappa shape index (κ2) is 18.5. The molecule has 7 aliphatic rings. The molecule has 1 spiro atoms. The third-order valence-corrected chi connectivity index (χ3v) is 15.8. The predicted molar refractivity (Wildman–Crippen MR) is 262 cm³/mol. The van der Waals surface area contributed by atoms with E-state index >= 15 is 4.79 Å². The van der Waals surface area contributed by atoms with Crippen LogP contribution in [-0.4, -0.2) is 103 Å². The van der Waals surface area contributed by atoms with E-state index in [2.05, 4.69) is 27.8 Å². The minimum absolute atomic E-state index is 0.00426. The summed E-state index contributed by atoms with van der Waals surface area (Å²) < 4.78 is 48.6. The molecule has 2 fully saturated rings. The predicted octanol–water partition coefficient (Wildman–Crippen LogP) is 7.85. The van der Waals surface area contributed by atoms with Crippen molar-refractivity contribution >= 4 is 35.9 Å². The number of phenols is 1. The molecule has 16 nitrogen and oxygen atoms in total. The van der Waals surface area contributed by atoms with E-state index in [1.807, 2.05) is 50.2 Å². The number of methoxy groups -OCH3 is 2. The van der Waals surface area contributed by atoms with Crippen LogP contribution in [0.25, 0.3) is 6.08 Å². The van der Waals surface area contributed by atoms with Crippen molar-refractivity contribution in [1.29, 1.82) is 5.26 Å². The number of piperazine rings is 1. The van der Waals surface area contributed by atoms with Crippen molar-refractivity contribution in [3.8, 4) is 46.3 Å². The highest BCUT2D eigenvalue weighted by molar-refractivity contribution is 7.99. The number of hydrogen-bond donors (Lipinski definition) is 2. The Kier molecular flexibility index (Phi) is 12.5. The third kappa shape index (κ3) is 8.01. The number of fused-ring (bicyclic) bond motifs is 9. The molecule has 2 saturated heterocycles. The number of thioether (sulfide) groups is 1. The standard InChI is InChI=1S/C54H56N4O12S/c1-9-19-57-34-21-32-20-28(2)46(64-8)45(60)40(32)43(57)44-50-42-41(49-48(66-27-67-49)29(3)47(42)69-39(59)16-15-30-13-11-10-12-14-30)36(58(44)35(34)24-55)25-65-51(61)54(26-71-50)33-23-37(63-7)38(22-31(33)17-18-56-54)68-52(62)70-53(4,5)6/h9-16,20,22-23,34-36,43-44,50,56,60H,1,17-19,21,25-27H2,2-8H3/t34-,35+,36+,43?,44?,50-,54-/m1/s1. The summed E-state index contributed by atoms with van der Waals surface area (Å²) in [5.41, 5.74) is 3.79. The van der Waals surface area contributed by atoms with E-state index in [-0.39, 0.29) is 42.2 Å². The number of nitrogens with one attached hydrogen (secondary N) is 1. The highest BCUT2D eigenvalue weighted by Crippen LogP contribution is 2.65. The van der Waals surface area contributed by atoms with Crippen LogP contribution in [-0.2, 0) is 37.4 Å². The number of esters is 2. The van der Waals surface area contributed by atoms with Gasteiger partial charge in [-0.2, -0.15) is 5.26 Å². The number of carbonyl (C=O) groups is 3. The van der Waals surface area contributed by atoms with Crippen LogP contribution in [0.3, 0.4) is 0 Å². The van der Waals surface area contributed by atoms with Gasteiger partial charge in [0.05, 0.1) is 37.6 Å². The lowest BCUT2D eigenvalue weighted by atomic mass is 9.71. The van der Waals surface area contributed by atoms with Crippen molar-refractivity contribution in [2.24, 2.45) is 0 Å². The molecule has 7 atom stereocenters. The van der Waals surface area contributed by atoms with Crippen molar-refractivity contribution < 1.29 is 57.4 Å². The first-order chi connectivity index (χ1) is 34.1. The molecule has 4 aromatic rings. The van der Waals surface area contributed by atoms with Crippen LogP contribution < -0.4 is 33.7 Å². The normalized spacial score (nSPS) is 25.2. The Morgan fingerprint density at radius 1 is 1.00 bits per heavy atom. The summed E-state index contributed by atoms with van der Waals surface area (Å²) in [5.74, 6) is 0.553. The van der Waals surface area contributed by atoms with Crippen LogP contribution >= 0.6 is 11.8 Å². The van der Waals surface area contributed by atoms with Crippen LogP contribution in [0.5, 0.6) is 40.2 Å². The van der Waals surface area contributed by atoms with Gasteiger partial charge in [-0.15, -0.1) is 18.3 Å². The number of nitrogens with zero attached hydrogens (tertiary/aromatic N) is 3. The zero-order valence-corrected chi connectivity index (χ0v) is 41.5. The molecule has 7 heterocycles. The van der Waals surface area contributed by atoms with E-state index in [4.69, 9.17) is 37.9 Å². The maximum Gasteiger partial charge on any atom is 0.514 e. The van der Waals surface area contributed by atoms with E-state index in [0.717, 1.165) is 22.3 Å².